The van der Waals surface area contributed by atoms with E-state index in [0.29, 0.717) is 54.3 Å². The van der Waals surface area contributed by atoms with E-state index in [1.807, 2.05) is 19.1 Å². The smallest absolute Gasteiger partial charge is 0.275 e. The highest BCUT2D eigenvalue weighted by Crippen LogP contribution is 2.32. The fourth-order valence-corrected chi connectivity index (χ4v) is 4.11. The van der Waals surface area contributed by atoms with Crippen LogP contribution >= 0.6 is 0 Å². The number of nitrogens with zero attached hydrogens (tertiary/aromatic N) is 4. The molecule has 0 N–H and O–H groups in total. The number of hydrogen-bond donors (Lipinski definition) is 0. The van der Waals surface area contributed by atoms with Crippen molar-refractivity contribution in [2.75, 3.05) is 33.0 Å². The molecule has 0 saturated carbocycles. The maximum atomic E-state index is 12.8. The van der Waals surface area contributed by atoms with E-state index in [9.17, 15) is 14.4 Å². The van der Waals surface area contributed by atoms with Crippen LogP contribution in [-0.2, 0) is 11.3 Å². The van der Waals surface area contributed by atoms with Crippen LogP contribution in [0.5, 0.6) is 11.5 Å². The van der Waals surface area contributed by atoms with Gasteiger partial charge in [-0.25, -0.2) is 4.68 Å². The lowest BCUT2D eigenvalue weighted by molar-refractivity contribution is -0.133. The van der Waals surface area contributed by atoms with Crippen LogP contribution in [0.3, 0.4) is 0 Å². The predicted molar refractivity (Wildman–Crippen MR) is 116 cm³/mol. The number of carbonyl (C=O) groups excluding carboxylic acids is 2. The second kappa shape index (κ2) is 7.99. The number of hydrogen-bond acceptors (Lipinski definition) is 6. The van der Waals surface area contributed by atoms with Gasteiger partial charge < -0.3 is 19.3 Å². The molecule has 1 aromatic heterocycles. The van der Waals surface area contributed by atoms with Crippen molar-refractivity contribution in [3.8, 4) is 11.5 Å². The van der Waals surface area contributed by atoms with E-state index < -0.39 is 0 Å². The molecule has 2 amide bonds. The van der Waals surface area contributed by atoms with E-state index in [-0.39, 0.29) is 30.7 Å². The Balaban J connectivity index is 1.24. The predicted octanol–water partition coefficient (Wildman–Crippen LogP) is 1.42. The number of rotatable bonds is 3. The summed E-state index contributed by atoms with van der Waals surface area (Å²) in [7, 11) is 0. The normalized spacial score (nSPS) is 15.3. The van der Waals surface area contributed by atoms with Crippen molar-refractivity contribution in [1.29, 1.82) is 0 Å². The third-order valence-corrected chi connectivity index (χ3v) is 5.88. The van der Waals surface area contributed by atoms with Crippen LogP contribution in [0.1, 0.15) is 16.1 Å². The number of amides is 2. The lowest BCUT2D eigenvalue weighted by Crippen LogP contribution is -2.51. The topological polar surface area (TPSA) is 94.0 Å². The average molecular weight is 434 g/mol. The summed E-state index contributed by atoms with van der Waals surface area (Å²) < 4.78 is 11.9. The Bertz CT molecular complexity index is 1280. The first-order valence-electron chi connectivity index (χ1n) is 10.4. The Labute approximate surface area is 183 Å². The van der Waals surface area contributed by atoms with Crippen LogP contribution in [0.2, 0.25) is 0 Å². The Kier molecular flexibility index (Phi) is 5.01. The van der Waals surface area contributed by atoms with Gasteiger partial charge in [-0.05, 0) is 31.2 Å². The van der Waals surface area contributed by atoms with Crippen LogP contribution < -0.4 is 15.0 Å². The van der Waals surface area contributed by atoms with Crippen LogP contribution in [0.15, 0.2) is 47.3 Å². The van der Waals surface area contributed by atoms with Crippen molar-refractivity contribution in [2.45, 2.75) is 13.5 Å². The summed E-state index contributed by atoms with van der Waals surface area (Å²) in [5.41, 5.74) is 0.944. The third-order valence-electron chi connectivity index (χ3n) is 5.88. The molecule has 1 saturated heterocycles. The summed E-state index contributed by atoms with van der Waals surface area (Å²) in [6.07, 6.45) is 0. The molecule has 9 nitrogen and oxygen atoms in total. The first kappa shape index (κ1) is 20.0. The second-order valence-corrected chi connectivity index (χ2v) is 7.83. The molecule has 5 rings (SSSR count). The molecule has 0 unspecified atom stereocenters. The summed E-state index contributed by atoms with van der Waals surface area (Å²) in [4.78, 5) is 41.8. The molecule has 0 radical (unpaired) electrons. The summed E-state index contributed by atoms with van der Waals surface area (Å²) in [5.74, 6) is 0.890. The lowest BCUT2D eigenvalue weighted by Gasteiger charge is -2.34. The summed E-state index contributed by atoms with van der Waals surface area (Å²) in [5, 5.41) is 5.65. The molecule has 0 bridgehead atoms. The van der Waals surface area contributed by atoms with E-state index in [1.165, 1.54) is 4.68 Å². The number of ether oxygens (including phenoxy) is 2. The highest BCUT2D eigenvalue weighted by Gasteiger charge is 2.26. The Hall–Kier alpha value is -3.88. The molecule has 2 aromatic carbocycles. The fraction of sp³-hybridized carbons (Fsp3) is 0.304. The molecule has 164 valence electrons. The highest BCUT2D eigenvalue weighted by atomic mass is 16.7. The monoisotopic (exact) mass is 434 g/mol. The molecule has 0 atom stereocenters. The third kappa shape index (κ3) is 3.55. The van der Waals surface area contributed by atoms with Crippen molar-refractivity contribution >= 4 is 22.6 Å². The van der Waals surface area contributed by atoms with Gasteiger partial charge in [-0.2, -0.15) is 5.10 Å². The first-order chi connectivity index (χ1) is 15.5. The second-order valence-electron chi connectivity index (χ2n) is 7.83. The van der Waals surface area contributed by atoms with Crippen molar-refractivity contribution in [2.24, 2.45) is 0 Å². The zero-order valence-electron chi connectivity index (χ0n) is 17.6. The maximum Gasteiger partial charge on any atom is 0.275 e. The zero-order chi connectivity index (χ0) is 22.2. The van der Waals surface area contributed by atoms with Gasteiger partial charge in [-0.3, -0.25) is 14.4 Å². The minimum Gasteiger partial charge on any atom is -0.454 e. The fourth-order valence-electron chi connectivity index (χ4n) is 4.11. The average Bonchev–Trinajstić information content (AvgIpc) is 3.30. The number of benzene rings is 2. The Morgan fingerprint density at radius 1 is 0.938 bits per heavy atom. The van der Waals surface area contributed by atoms with Gasteiger partial charge in [0.1, 0.15) is 6.54 Å². The van der Waals surface area contributed by atoms with Gasteiger partial charge >= 0.3 is 0 Å². The summed E-state index contributed by atoms with van der Waals surface area (Å²) in [6.45, 7) is 3.48. The quantitative estimate of drug-likeness (QED) is 0.619. The summed E-state index contributed by atoms with van der Waals surface area (Å²) >= 11 is 0. The minimum atomic E-state index is -0.281. The molecular weight excluding hydrogens is 412 g/mol. The van der Waals surface area contributed by atoms with E-state index in [4.69, 9.17) is 9.47 Å². The van der Waals surface area contributed by atoms with Gasteiger partial charge in [0.25, 0.3) is 11.5 Å². The summed E-state index contributed by atoms with van der Waals surface area (Å²) in [6, 6.07) is 12.4. The molecule has 1 fully saturated rings. The molecule has 3 aromatic rings. The Morgan fingerprint density at radius 2 is 1.62 bits per heavy atom. The zero-order valence-corrected chi connectivity index (χ0v) is 17.6. The molecule has 0 spiro atoms. The standard InChI is InChI=1S/C23H22N4O5/c1-15-17-4-2-3-5-18(17)23(30)27(24-15)13-21(28)25-8-10-26(11-9-25)22(29)16-6-7-19-20(12-16)32-14-31-19/h2-7,12H,8-11,13-14H2,1H3. The molecule has 32 heavy (non-hydrogen) atoms. The van der Waals surface area contributed by atoms with E-state index in [0.717, 1.165) is 5.39 Å². The van der Waals surface area contributed by atoms with Gasteiger partial charge in [-0.15, -0.1) is 0 Å². The number of fused-ring (bicyclic) bond motifs is 2. The van der Waals surface area contributed by atoms with E-state index >= 15 is 0 Å². The molecule has 9 heteroatoms. The first-order valence-corrected chi connectivity index (χ1v) is 10.4. The number of aromatic nitrogens is 2. The molecule has 2 aliphatic heterocycles. The van der Waals surface area contributed by atoms with Crippen LogP contribution in [0, 0.1) is 6.92 Å². The minimum absolute atomic E-state index is 0.113. The SMILES string of the molecule is Cc1nn(CC(=O)N2CCN(C(=O)c3ccc4c(c3)OCO4)CC2)c(=O)c2ccccc12. The molecule has 2 aliphatic rings. The van der Waals surface area contributed by atoms with Crippen molar-refractivity contribution in [3.05, 3.63) is 64.1 Å². The maximum absolute atomic E-state index is 12.8. The molecule has 0 aliphatic carbocycles. The largest absolute Gasteiger partial charge is 0.454 e. The van der Waals surface area contributed by atoms with Gasteiger partial charge in [0.2, 0.25) is 12.7 Å². The van der Waals surface area contributed by atoms with Crippen LogP contribution in [0.4, 0.5) is 0 Å². The van der Waals surface area contributed by atoms with E-state index in [2.05, 4.69) is 5.10 Å². The highest BCUT2D eigenvalue weighted by molar-refractivity contribution is 5.95. The van der Waals surface area contributed by atoms with Crippen molar-refractivity contribution < 1.29 is 19.1 Å². The molecular formula is C23H22N4O5. The van der Waals surface area contributed by atoms with Crippen LogP contribution in [0.25, 0.3) is 10.8 Å². The number of aryl methyl sites for hydroxylation is 1. The van der Waals surface area contributed by atoms with Crippen LogP contribution in [-0.4, -0.2) is 64.4 Å². The van der Waals surface area contributed by atoms with Gasteiger partial charge in [0, 0.05) is 37.1 Å². The molecule has 3 heterocycles. The number of carbonyl (C=O) groups is 2. The van der Waals surface area contributed by atoms with E-state index in [1.54, 1.807) is 40.1 Å². The van der Waals surface area contributed by atoms with Gasteiger partial charge in [-0.1, -0.05) is 18.2 Å². The van der Waals surface area contributed by atoms with Crippen molar-refractivity contribution in [3.63, 3.8) is 0 Å². The van der Waals surface area contributed by atoms with Gasteiger partial charge in [0.05, 0.1) is 11.1 Å². The number of piperazine rings is 1. The lowest BCUT2D eigenvalue weighted by atomic mass is 10.1. The van der Waals surface area contributed by atoms with Gasteiger partial charge in [0.15, 0.2) is 11.5 Å². The van der Waals surface area contributed by atoms with Crippen molar-refractivity contribution in [1.82, 2.24) is 19.6 Å². The Morgan fingerprint density at radius 3 is 2.41 bits per heavy atom.